The first-order valence-corrected chi connectivity index (χ1v) is 4.46. The fourth-order valence-electron chi connectivity index (χ4n) is 2.13. The molecule has 0 saturated heterocycles. The minimum absolute atomic E-state index is 1.23. The first-order valence-electron chi connectivity index (χ1n) is 4.46. The van der Waals surface area contributed by atoms with Crippen LogP contribution in [0.3, 0.4) is 0 Å². The van der Waals surface area contributed by atoms with Crippen LogP contribution in [0, 0.1) is 0 Å². The Morgan fingerprint density at radius 1 is 1.08 bits per heavy atom. The van der Waals surface area contributed by atoms with Gasteiger partial charge in [-0.3, -0.25) is 0 Å². The molecule has 58 valence electrons. The van der Waals surface area contributed by atoms with Crippen LogP contribution in [0.1, 0.15) is 24.0 Å². The van der Waals surface area contributed by atoms with Crippen LogP contribution in [0.25, 0.3) is 11.6 Å². The molecule has 2 aliphatic carbocycles. The molecule has 0 nitrogen and oxygen atoms in total. The molecule has 0 fully saturated rings. The summed E-state index contributed by atoms with van der Waals surface area (Å²) in [6.07, 6.45) is 7.16. The zero-order valence-corrected chi connectivity index (χ0v) is 6.88. The molecular formula is C12H10. The molecular weight excluding hydrogens is 144 g/mol. The second-order valence-corrected chi connectivity index (χ2v) is 3.41. The first-order chi connectivity index (χ1) is 5.95. The minimum Gasteiger partial charge on any atom is -0.0760 e. The van der Waals surface area contributed by atoms with Crippen molar-refractivity contribution >= 4 is 11.6 Å². The fraction of sp³-hybridized carbons (Fsp3) is 0.167. The van der Waals surface area contributed by atoms with E-state index >= 15 is 0 Å². The smallest absolute Gasteiger partial charge is 0.0112 e. The van der Waals surface area contributed by atoms with E-state index in [0.717, 1.165) is 0 Å². The summed E-state index contributed by atoms with van der Waals surface area (Å²) in [6, 6.07) is 8.64. The summed E-state index contributed by atoms with van der Waals surface area (Å²) >= 11 is 0. The summed E-state index contributed by atoms with van der Waals surface area (Å²) < 4.78 is 0. The van der Waals surface area contributed by atoms with Gasteiger partial charge in [-0.05, 0) is 35.1 Å². The lowest BCUT2D eigenvalue weighted by molar-refractivity contribution is 1.07. The molecule has 12 heavy (non-hydrogen) atoms. The highest BCUT2D eigenvalue weighted by atomic mass is 14.2. The van der Waals surface area contributed by atoms with E-state index in [1.54, 1.807) is 0 Å². The summed E-state index contributed by atoms with van der Waals surface area (Å²) in [4.78, 5) is 0. The first kappa shape index (κ1) is 6.24. The average molecular weight is 154 g/mol. The van der Waals surface area contributed by atoms with Crippen molar-refractivity contribution in [3.63, 3.8) is 0 Å². The van der Waals surface area contributed by atoms with Gasteiger partial charge in [-0.2, -0.15) is 0 Å². The van der Waals surface area contributed by atoms with Crippen LogP contribution in [0.15, 0.2) is 35.9 Å². The molecule has 0 unspecified atom stereocenters. The summed E-state index contributed by atoms with van der Waals surface area (Å²) in [5.74, 6) is 0. The molecule has 3 rings (SSSR count). The zero-order chi connectivity index (χ0) is 7.97. The molecule has 0 atom stereocenters. The largest absolute Gasteiger partial charge is 0.0760 e. The lowest BCUT2D eigenvalue weighted by atomic mass is 10.1. The molecule has 0 N–H and O–H groups in total. The topological polar surface area (TPSA) is 0 Å². The van der Waals surface area contributed by atoms with Gasteiger partial charge in [0.15, 0.2) is 0 Å². The highest BCUT2D eigenvalue weighted by molar-refractivity contribution is 5.95. The van der Waals surface area contributed by atoms with Crippen LogP contribution in [0.2, 0.25) is 0 Å². The Morgan fingerprint density at radius 2 is 2.00 bits per heavy atom. The number of rotatable bonds is 0. The summed E-state index contributed by atoms with van der Waals surface area (Å²) in [5, 5.41) is 0. The monoisotopic (exact) mass is 154 g/mol. The normalized spacial score (nSPS) is 18.3. The average Bonchev–Trinajstić information content (AvgIpc) is 2.62. The fourth-order valence-corrected chi connectivity index (χ4v) is 2.13. The van der Waals surface area contributed by atoms with Crippen molar-refractivity contribution in [1.29, 1.82) is 0 Å². The molecule has 2 aliphatic rings. The third-order valence-electron chi connectivity index (χ3n) is 2.69. The van der Waals surface area contributed by atoms with Gasteiger partial charge in [0, 0.05) is 0 Å². The van der Waals surface area contributed by atoms with Gasteiger partial charge in [-0.15, -0.1) is 0 Å². The van der Waals surface area contributed by atoms with Gasteiger partial charge in [0.25, 0.3) is 0 Å². The molecule has 0 saturated carbocycles. The van der Waals surface area contributed by atoms with Crippen molar-refractivity contribution in [3.8, 4) is 0 Å². The number of benzene rings is 1. The van der Waals surface area contributed by atoms with Crippen LogP contribution >= 0.6 is 0 Å². The predicted octanol–water partition coefficient (Wildman–Crippen LogP) is 3.26. The molecule has 0 aromatic heterocycles. The van der Waals surface area contributed by atoms with Crippen molar-refractivity contribution in [2.24, 2.45) is 0 Å². The van der Waals surface area contributed by atoms with Crippen LogP contribution in [-0.2, 0) is 0 Å². The number of hydrogen-bond acceptors (Lipinski definition) is 0. The Kier molecular flexibility index (Phi) is 1.09. The number of fused-ring (bicyclic) bond motifs is 3. The molecule has 0 bridgehead atoms. The third-order valence-corrected chi connectivity index (χ3v) is 2.69. The lowest BCUT2D eigenvalue weighted by Crippen LogP contribution is -1.78. The van der Waals surface area contributed by atoms with Crippen LogP contribution < -0.4 is 0 Å². The van der Waals surface area contributed by atoms with Crippen LogP contribution in [-0.4, -0.2) is 0 Å². The van der Waals surface area contributed by atoms with E-state index in [1.165, 1.54) is 35.1 Å². The van der Waals surface area contributed by atoms with Gasteiger partial charge in [-0.25, -0.2) is 0 Å². The minimum atomic E-state index is 1.23. The summed E-state index contributed by atoms with van der Waals surface area (Å²) in [7, 11) is 0. The predicted molar refractivity (Wildman–Crippen MR) is 51.6 cm³/mol. The van der Waals surface area contributed by atoms with Crippen LogP contribution in [0.5, 0.6) is 0 Å². The Balaban J connectivity index is 2.29. The van der Waals surface area contributed by atoms with Gasteiger partial charge >= 0.3 is 0 Å². The molecule has 0 radical (unpaired) electrons. The lowest BCUT2D eigenvalue weighted by Gasteiger charge is -1.98. The standard InChI is InChI=1S/C12H10/c1-2-6-11-9(4-1)8-10-5-3-7-12(10)11/h1-2,4,6-8H,3,5H2. The maximum atomic E-state index is 2.36. The highest BCUT2D eigenvalue weighted by Gasteiger charge is 2.20. The summed E-state index contributed by atoms with van der Waals surface area (Å²) in [5.41, 5.74) is 5.87. The van der Waals surface area contributed by atoms with Gasteiger partial charge in [-0.1, -0.05) is 36.4 Å². The molecule has 1 aromatic carbocycles. The van der Waals surface area contributed by atoms with E-state index in [1.807, 2.05) is 0 Å². The molecule has 0 heterocycles. The van der Waals surface area contributed by atoms with Gasteiger partial charge in [0.2, 0.25) is 0 Å². The maximum absolute atomic E-state index is 2.36. The van der Waals surface area contributed by atoms with Crippen molar-refractivity contribution in [3.05, 3.63) is 47.0 Å². The maximum Gasteiger partial charge on any atom is -0.0112 e. The third kappa shape index (κ3) is 0.672. The van der Waals surface area contributed by atoms with Crippen molar-refractivity contribution in [2.45, 2.75) is 12.8 Å². The van der Waals surface area contributed by atoms with E-state index in [-0.39, 0.29) is 0 Å². The van der Waals surface area contributed by atoms with E-state index in [2.05, 4.69) is 36.4 Å². The van der Waals surface area contributed by atoms with Crippen molar-refractivity contribution < 1.29 is 0 Å². The van der Waals surface area contributed by atoms with Crippen molar-refractivity contribution in [2.75, 3.05) is 0 Å². The molecule has 0 heteroatoms. The highest BCUT2D eigenvalue weighted by Crippen LogP contribution is 2.41. The summed E-state index contributed by atoms with van der Waals surface area (Å²) in [6.45, 7) is 0. The van der Waals surface area contributed by atoms with E-state index in [4.69, 9.17) is 0 Å². The van der Waals surface area contributed by atoms with Gasteiger partial charge in [0.1, 0.15) is 0 Å². The molecule has 0 spiro atoms. The van der Waals surface area contributed by atoms with E-state index in [9.17, 15) is 0 Å². The van der Waals surface area contributed by atoms with Crippen LogP contribution in [0.4, 0.5) is 0 Å². The number of hydrogen-bond donors (Lipinski definition) is 0. The Labute approximate surface area is 72.2 Å². The Hall–Kier alpha value is -1.30. The van der Waals surface area contributed by atoms with Gasteiger partial charge < -0.3 is 0 Å². The van der Waals surface area contributed by atoms with E-state index < -0.39 is 0 Å². The second kappa shape index (κ2) is 2.10. The second-order valence-electron chi connectivity index (χ2n) is 3.41. The Morgan fingerprint density at radius 3 is 3.00 bits per heavy atom. The zero-order valence-electron chi connectivity index (χ0n) is 6.88. The SMILES string of the molecule is C1=C2CCC=C2c2ccccc21. The van der Waals surface area contributed by atoms with Crippen molar-refractivity contribution in [1.82, 2.24) is 0 Å². The van der Waals surface area contributed by atoms with Gasteiger partial charge in [0.05, 0.1) is 0 Å². The molecule has 0 aliphatic heterocycles. The number of allylic oxidation sites excluding steroid dienone is 3. The van der Waals surface area contributed by atoms with E-state index in [0.29, 0.717) is 0 Å². The molecule has 1 aromatic rings. The molecule has 0 amide bonds. The quantitative estimate of drug-likeness (QED) is 0.538. The Bertz CT molecular complexity index is 394.